The van der Waals surface area contributed by atoms with E-state index in [2.05, 4.69) is 6.92 Å². The van der Waals surface area contributed by atoms with Gasteiger partial charge in [0.1, 0.15) is 18.1 Å². The van der Waals surface area contributed by atoms with Gasteiger partial charge in [0.2, 0.25) is 0 Å². The van der Waals surface area contributed by atoms with Crippen LogP contribution in [0.4, 0.5) is 0 Å². The first-order chi connectivity index (χ1) is 10.2. The lowest BCUT2D eigenvalue weighted by Gasteiger charge is -2.20. The van der Waals surface area contributed by atoms with Crippen LogP contribution in [0.25, 0.3) is 6.08 Å². The standard InChI is InChI=1S/C16H23BO4/c1-2-4-13(11-15-8-9-16(12-18)20-15)6-7-14-5-3-10-17(19)21-14/h3,5,8-9,11,14,18-19H,2,4,6-7,10,12H2,1H3/b13-11+/t14-/m0/s1. The molecule has 21 heavy (non-hydrogen) atoms. The monoisotopic (exact) mass is 290 g/mol. The maximum Gasteiger partial charge on any atom is 0.458 e. The first kappa shape index (κ1) is 16.1. The van der Waals surface area contributed by atoms with Gasteiger partial charge >= 0.3 is 7.12 Å². The van der Waals surface area contributed by atoms with Crippen LogP contribution in [0.3, 0.4) is 0 Å². The number of aliphatic hydroxyl groups is 1. The van der Waals surface area contributed by atoms with E-state index in [4.69, 9.17) is 14.2 Å². The van der Waals surface area contributed by atoms with Gasteiger partial charge in [-0.2, -0.15) is 0 Å². The van der Waals surface area contributed by atoms with Crippen molar-refractivity contribution in [1.82, 2.24) is 0 Å². The zero-order valence-corrected chi connectivity index (χ0v) is 12.5. The van der Waals surface area contributed by atoms with Crippen molar-refractivity contribution in [3.63, 3.8) is 0 Å². The molecular formula is C16H23BO4. The van der Waals surface area contributed by atoms with Gasteiger partial charge in [-0.25, -0.2) is 0 Å². The number of aliphatic hydroxyl groups excluding tert-OH is 1. The fourth-order valence-corrected chi connectivity index (χ4v) is 2.49. The maximum atomic E-state index is 9.49. The summed E-state index contributed by atoms with van der Waals surface area (Å²) in [5, 5.41) is 18.5. The summed E-state index contributed by atoms with van der Waals surface area (Å²) in [6.45, 7) is 2.07. The largest absolute Gasteiger partial charge is 0.459 e. The lowest BCUT2D eigenvalue weighted by atomic mass is 9.82. The molecule has 0 fully saturated rings. The highest BCUT2D eigenvalue weighted by atomic mass is 16.5. The molecule has 1 atom stereocenters. The van der Waals surface area contributed by atoms with Gasteiger partial charge in [-0.3, -0.25) is 0 Å². The molecule has 2 heterocycles. The van der Waals surface area contributed by atoms with Crippen LogP contribution in [-0.4, -0.2) is 23.4 Å². The van der Waals surface area contributed by atoms with Crippen molar-refractivity contribution in [2.75, 3.05) is 0 Å². The van der Waals surface area contributed by atoms with Crippen molar-refractivity contribution < 1.29 is 19.2 Å². The van der Waals surface area contributed by atoms with Crippen LogP contribution in [0.1, 0.15) is 44.1 Å². The number of allylic oxidation sites excluding steroid dienone is 2. The smallest absolute Gasteiger partial charge is 0.458 e. The van der Waals surface area contributed by atoms with Crippen LogP contribution in [0, 0.1) is 0 Å². The molecule has 1 aromatic heterocycles. The van der Waals surface area contributed by atoms with Crippen molar-refractivity contribution in [1.29, 1.82) is 0 Å². The Morgan fingerprint density at radius 1 is 1.43 bits per heavy atom. The van der Waals surface area contributed by atoms with Gasteiger partial charge in [0, 0.05) is 6.32 Å². The van der Waals surface area contributed by atoms with E-state index in [1.165, 1.54) is 5.57 Å². The second kappa shape index (κ2) is 8.22. The lowest BCUT2D eigenvalue weighted by Crippen LogP contribution is -2.27. The van der Waals surface area contributed by atoms with E-state index in [9.17, 15) is 5.02 Å². The van der Waals surface area contributed by atoms with E-state index >= 15 is 0 Å². The Balaban J connectivity index is 1.95. The summed E-state index contributed by atoms with van der Waals surface area (Å²) < 4.78 is 11.0. The number of hydrogen-bond acceptors (Lipinski definition) is 4. The van der Waals surface area contributed by atoms with Gasteiger partial charge in [-0.15, -0.1) is 0 Å². The fourth-order valence-electron chi connectivity index (χ4n) is 2.49. The molecule has 0 aromatic carbocycles. The highest BCUT2D eigenvalue weighted by molar-refractivity contribution is 6.43. The second-order valence-electron chi connectivity index (χ2n) is 5.35. The Bertz CT molecular complexity index is 492. The molecule has 1 aromatic rings. The van der Waals surface area contributed by atoms with Crippen LogP contribution >= 0.6 is 0 Å². The molecule has 0 radical (unpaired) electrons. The van der Waals surface area contributed by atoms with E-state index in [1.807, 2.05) is 24.3 Å². The second-order valence-corrected chi connectivity index (χ2v) is 5.35. The normalized spacial score (nSPS) is 19.3. The van der Waals surface area contributed by atoms with Gasteiger partial charge in [0.05, 0.1) is 6.10 Å². The zero-order chi connectivity index (χ0) is 15.1. The summed E-state index contributed by atoms with van der Waals surface area (Å²) in [5.74, 6) is 1.36. The van der Waals surface area contributed by atoms with Crippen LogP contribution < -0.4 is 0 Å². The number of furan rings is 1. The first-order valence-electron chi connectivity index (χ1n) is 7.60. The van der Waals surface area contributed by atoms with Crippen molar-refractivity contribution in [2.24, 2.45) is 0 Å². The van der Waals surface area contributed by atoms with Crippen LogP contribution in [0.5, 0.6) is 0 Å². The SMILES string of the molecule is CCC/C(=C\c1ccc(CO)o1)CC[C@@H]1C=CCB(O)O1. The molecule has 0 spiro atoms. The highest BCUT2D eigenvalue weighted by Gasteiger charge is 2.20. The van der Waals surface area contributed by atoms with E-state index in [-0.39, 0.29) is 12.7 Å². The van der Waals surface area contributed by atoms with Gasteiger partial charge in [-0.05, 0) is 37.5 Å². The molecule has 1 aliphatic heterocycles. The molecule has 0 bridgehead atoms. The van der Waals surface area contributed by atoms with Gasteiger partial charge < -0.3 is 19.2 Å². The molecule has 5 heteroatoms. The average Bonchev–Trinajstić information content (AvgIpc) is 2.93. The molecular weight excluding hydrogens is 267 g/mol. The third kappa shape index (κ3) is 5.19. The molecule has 2 rings (SSSR count). The molecule has 0 amide bonds. The molecule has 0 saturated heterocycles. The first-order valence-corrected chi connectivity index (χ1v) is 7.60. The Hall–Kier alpha value is -1.30. The summed E-state index contributed by atoms with van der Waals surface area (Å²) in [6, 6.07) is 3.67. The van der Waals surface area contributed by atoms with Gasteiger partial charge in [0.25, 0.3) is 0 Å². The molecule has 4 nitrogen and oxygen atoms in total. The number of hydrogen-bond donors (Lipinski definition) is 2. The summed E-state index contributed by atoms with van der Waals surface area (Å²) in [5.41, 5.74) is 1.30. The van der Waals surface area contributed by atoms with E-state index in [1.54, 1.807) is 6.07 Å². The van der Waals surface area contributed by atoms with Gasteiger partial charge in [-0.1, -0.05) is 31.1 Å². The third-order valence-corrected chi connectivity index (χ3v) is 3.53. The Labute approximate surface area is 126 Å². The summed E-state index contributed by atoms with van der Waals surface area (Å²) in [7, 11) is -0.671. The van der Waals surface area contributed by atoms with Crippen molar-refractivity contribution in [3.8, 4) is 0 Å². The summed E-state index contributed by atoms with van der Waals surface area (Å²) in [4.78, 5) is 0. The lowest BCUT2D eigenvalue weighted by molar-refractivity contribution is 0.192. The van der Waals surface area contributed by atoms with Crippen molar-refractivity contribution in [2.45, 2.75) is 51.6 Å². The predicted molar refractivity (Wildman–Crippen MR) is 83.5 cm³/mol. The summed E-state index contributed by atoms with van der Waals surface area (Å²) in [6.07, 6.45) is 10.4. The van der Waals surface area contributed by atoms with Crippen LogP contribution in [0.15, 0.2) is 34.3 Å². The van der Waals surface area contributed by atoms with Crippen molar-refractivity contribution in [3.05, 3.63) is 41.4 Å². The minimum atomic E-state index is -0.671. The Morgan fingerprint density at radius 2 is 2.29 bits per heavy atom. The zero-order valence-electron chi connectivity index (χ0n) is 12.5. The highest BCUT2D eigenvalue weighted by Crippen LogP contribution is 2.22. The molecule has 114 valence electrons. The van der Waals surface area contributed by atoms with E-state index < -0.39 is 7.12 Å². The molecule has 1 aliphatic rings. The van der Waals surface area contributed by atoms with Gasteiger partial charge in [0.15, 0.2) is 0 Å². The number of rotatable bonds is 7. The summed E-state index contributed by atoms with van der Waals surface area (Å²) >= 11 is 0. The minimum absolute atomic E-state index is 0.0152. The van der Waals surface area contributed by atoms with E-state index in [0.29, 0.717) is 12.1 Å². The van der Waals surface area contributed by atoms with Crippen LogP contribution in [0.2, 0.25) is 6.32 Å². The average molecular weight is 290 g/mol. The minimum Gasteiger partial charge on any atom is -0.459 e. The van der Waals surface area contributed by atoms with E-state index in [0.717, 1.165) is 31.4 Å². The molecule has 0 aliphatic carbocycles. The Kier molecular flexibility index (Phi) is 6.30. The fraction of sp³-hybridized carbons (Fsp3) is 0.500. The topological polar surface area (TPSA) is 62.8 Å². The predicted octanol–water partition coefficient (Wildman–Crippen LogP) is 3.17. The quantitative estimate of drug-likeness (QED) is 0.598. The molecule has 0 saturated carbocycles. The molecule has 0 unspecified atom stereocenters. The Morgan fingerprint density at radius 3 is 2.95 bits per heavy atom. The maximum absolute atomic E-state index is 9.49. The van der Waals surface area contributed by atoms with Crippen LogP contribution in [-0.2, 0) is 11.3 Å². The van der Waals surface area contributed by atoms with Crippen molar-refractivity contribution >= 4 is 13.2 Å². The molecule has 2 N–H and O–H groups in total. The third-order valence-electron chi connectivity index (χ3n) is 3.53.